The van der Waals surface area contributed by atoms with Crippen molar-refractivity contribution in [2.75, 3.05) is 20.2 Å². The van der Waals surface area contributed by atoms with Gasteiger partial charge in [0, 0.05) is 13.6 Å². The fourth-order valence-electron chi connectivity index (χ4n) is 0.847. The summed E-state index contributed by atoms with van der Waals surface area (Å²) in [7, 11) is 1.58. The second-order valence-electron chi connectivity index (χ2n) is 2.57. The molecule has 1 atom stereocenters. The van der Waals surface area contributed by atoms with Crippen LogP contribution in [0.15, 0.2) is 0 Å². The van der Waals surface area contributed by atoms with Gasteiger partial charge < -0.3 is 10.0 Å². The van der Waals surface area contributed by atoms with E-state index in [9.17, 15) is 4.79 Å². The molecule has 0 saturated heterocycles. The van der Waals surface area contributed by atoms with E-state index in [1.807, 2.05) is 6.07 Å². The van der Waals surface area contributed by atoms with E-state index in [0.29, 0.717) is 6.42 Å². The number of nitrogens with zero attached hydrogens (tertiary/aromatic N) is 2. The van der Waals surface area contributed by atoms with E-state index in [0.717, 1.165) is 0 Å². The van der Waals surface area contributed by atoms with Gasteiger partial charge in [0.05, 0.1) is 12.7 Å². The predicted molar refractivity (Wildman–Crippen MR) is 44.1 cm³/mol. The lowest BCUT2D eigenvalue weighted by Crippen LogP contribution is -2.34. The topological polar surface area (TPSA) is 64.3 Å². The van der Waals surface area contributed by atoms with E-state index in [4.69, 9.17) is 10.4 Å². The molecule has 0 heterocycles. The SMILES string of the molecule is CCC(C#N)C(=O)N(C)CCO. The van der Waals surface area contributed by atoms with Crippen LogP contribution in [-0.2, 0) is 4.79 Å². The zero-order valence-corrected chi connectivity index (χ0v) is 7.45. The molecule has 0 aliphatic rings. The maximum Gasteiger partial charge on any atom is 0.239 e. The van der Waals surface area contributed by atoms with Gasteiger partial charge in [-0.25, -0.2) is 0 Å². The molecule has 0 fully saturated rings. The van der Waals surface area contributed by atoms with Gasteiger partial charge in [-0.1, -0.05) is 6.92 Å². The molecular weight excluding hydrogens is 156 g/mol. The van der Waals surface area contributed by atoms with Crippen molar-refractivity contribution in [3.05, 3.63) is 0 Å². The van der Waals surface area contributed by atoms with Crippen molar-refractivity contribution in [1.29, 1.82) is 5.26 Å². The number of likely N-dealkylation sites (N-methyl/N-ethyl adjacent to an activating group) is 1. The fourth-order valence-corrected chi connectivity index (χ4v) is 0.847. The third-order valence-electron chi connectivity index (χ3n) is 1.67. The quantitative estimate of drug-likeness (QED) is 0.645. The normalized spacial score (nSPS) is 11.8. The Hall–Kier alpha value is -1.08. The molecule has 1 amide bonds. The van der Waals surface area contributed by atoms with Crippen LogP contribution in [0.3, 0.4) is 0 Å². The molecule has 0 saturated carbocycles. The summed E-state index contributed by atoms with van der Waals surface area (Å²) < 4.78 is 0. The van der Waals surface area contributed by atoms with E-state index in [1.54, 1.807) is 14.0 Å². The van der Waals surface area contributed by atoms with Crippen LogP contribution in [0, 0.1) is 17.2 Å². The summed E-state index contributed by atoms with van der Waals surface area (Å²) in [6.45, 7) is 2.01. The molecule has 0 aromatic carbocycles. The van der Waals surface area contributed by atoms with Crippen LogP contribution < -0.4 is 0 Å². The van der Waals surface area contributed by atoms with Gasteiger partial charge in [0.1, 0.15) is 5.92 Å². The highest BCUT2D eigenvalue weighted by molar-refractivity contribution is 5.80. The first-order chi connectivity index (χ1) is 5.67. The number of aliphatic hydroxyl groups excluding tert-OH is 1. The van der Waals surface area contributed by atoms with Crippen molar-refractivity contribution in [3.63, 3.8) is 0 Å². The summed E-state index contributed by atoms with van der Waals surface area (Å²) >= 11 is 0. The third-order valence-corrected chi connectivity index (χ3v) is 1.67. The summed E-state index contributed by atoms with van der Waals surface area (Å²) in [6.07, 6.45) is 0.519. The molecule has 1 N–H and O–H groups in total. The minimum Gasteiger partial charge on any atom is -0.395 e. The Labute approximate surface area is 72.4 Å². The van der Waals surface area contributed by atoms with Crippen molar-refractivity contribution in [1.82, 2.24) is 4.90 Å². The molecule has 0 aromatic heterocycles. The first kappa shape index (κ1) is 10.9. The number of carbonyl (C=O) groups excluding carboxylic acids is 1. The van der Waals surface area contributed by atoms with Crippen molar-refractivity contribution in [2.24, 2.45) is 5.92 Å². The van der Waals surface area contributed by atoms with Gasteiger partial charge in [-0.05, 0) is 6.42 Å². The summed E-state index contributed by atoms with van der Waals surface area (Å²) in [4.78, 5) is 12.7. The van der Waals surface area contributed by atoms with Crippen molar-refractivity contribution in [3.8, 4) is 6.07 Å². The Morgan fingerprint density at radius 3 is 2.67 bits per heavy atom. The van der Waals surface area contributed by atoms with E-state index >= 15 is 0 Å². The van der Waals surface area contributed by atoms with Crippen LogP contribution in [-0.4, -0.2) is 36.1 Å². The lowest BCUT2D eigenvalue weighted by molar-refractivity contribution is -0.132. The summed E-state index contributed by atoms with van der Waals surface area (Å²) in [5.41, 5.74) is 0. The molecule has 1 unspecified atom stereocenters. The monoisotopic (exact) mass is 170 g/mol. The minimum absolute atomic E-state index is 0.0654. The Bertz CT molecular complexity index is 186. The second-order valence-corrected chi connectivity index (χ2v) is 2.57. The van der Waals surface area contributed by atoms with Gasteiger partial charge in [0.25, 0.3) is 0 Å². The van der Waals surface area contributed by atoms with Crippen LogP contribution in [0.1, 0.15) is 13.3 Å². The molecule has 4 heteroatoms. The molecule has 0 aromatic rings. The molecule has 0 aliphatic heterocycles. The molecule has 4 nitrogen and oxygen atoms in total. The van der Waals surface area contributed by atoms with Crippen LogP contribution in [0.2, 0.25) is 0 Å². The fraction of sp³-hybridized carbons (Fsp3) is 0.750. The highest BCUT2D eigenvalue weighted by Gasteiger charge is 2.18. The number of rotatable bonds is 4. The molecule has 0 aliphatic carbocycles. The maximum absolute atomic E-state index is 11.3. The summed E-state index contributed by atoms with van der Waals surface area (Å²) in [5.74, 6) is -0.782. The van der Waals surface area contributed by atoms with Gasteiger partial charge in [-0.3, -0.25) is 4.79 Å². The molecule has 0 spiro atoms. The van der Waals surface area contributed by atoms with E-state index in [2.05, 4.69) is 0 Å². The molecule has 0 rings (SSSR count). The highest BCUT2D eigenvalue weighted by atomic mass is 16.3. The maximum atomic E-state index is 11.3. The molecular formula is C8H14N2O2. The first-order valence-electron chi connectivity index (χ1n) is 3.92. The van der Waals surface area contributed by atoms with Gasteiger partial charge in [0.2, 0.25) is 5.91 Å². The molecule has 68 valence electrons. The Morgan fingerprint density at radius 2 is 2.33 bits per heavy atom. The number of carbonyl (C=O) groups is 1. The second kappa shape index (κ2) is 5.56. The molecule has 0 bridgehead atoms. The van der Waals surface area contributed by atoms with Crippen LogP contribution in [0.5, 0.6) is 0 Å². The van der Waals surface area contributed by atoms with Crippen molar-refractivity contribution >= 4 is 5.91 Å². The zero-order valence-electron chi connectivity index (χ0n) is 7.45. The molecule has 12 heavy (non-hydrogen) atoms. The number of hydrogen-bond donors (Lipinski definition) is 1. The van der Waals surface area contributed by atoms with Gasteiger partial charge in [0.15, 0.2) is 0 Å². The lowest BCUT2D eigenvalue weighted by atomic mass is 10.1. The predicted octanol–water partition coefficient (Wildman–Crippen LogP) is -0.0131. The number of nitriles is 1. The van der Waals surface area contributed by atoms with E-state index < -0.39 is 5.92 Å². The summed E-state index contributed by atoms with van der Waals surface area (Å²) in [6, 6.07) is 1.92. The van der Waals surface area contributed by atoms with Gasteiger partial charge >= 0.3 is 0 Å². The van der Waals surface area contributed by atoms with Crippen LogP contribution in [0.4, 0.5) is 0 Å². The zero-order chi connectivity index (χ0) is 9.56. The average molecular weight is 170 g/mol. The third kappa shape index (κ3) is 2.89. The molecule has 0 radical (unpaired) electrons. The number of amides is 1. The van der Waals surface area contributed by atoms with Gasteiger partial charge in [-0.2, -0.15) is 5.26 Å². The van der Waals surface area contributed by atoms with Crippen LogP contribution in [0.25, 0.3) is 0 Å². The van der Waals surface area contributed by atoms with Crippen LogP contribution >= 0.6 is 0 Å². The number of aliphatic hydroxyl groups is 1. The highest BCUT2D eigenvalue weighted by Crippen LogP contribution is 2.04. The average Bonchev–Trinajstić information content (AvgIpc) is 2.07. The largest absolute Gasteiger partial charge is 0.395 e. The standard InChI is InChI=1S/C8H14N2O2/c1-3-7(6-9)8(12)10(2)4-5-11/h7,11H,3-5H2,1-2H3. The van der Waals surface area contributed by atoms with Crippen molar-refractivity contribution < 1.29 is 9.90 Å². The first-order valence-corrected chi connectivity index (χ1v) is 3.92. The Morgan fingerprint density at radius 1 is 1.75 bits per heavy atom. The summed E-state index contributed by atoms with van der Waals surface area (Å²) in [5, 5.41) is 17.1. The van der Waals surface area contributed by atoms with Crippen molar-refractivity contribution in [2.45, 2.75) is 13.3 Å². The number of hydrogen-bond acceptors (Lipinski definition) is 3. The Balaban J connectivity index is 4.09. The smallest absolute Gasteiger partial charge is 0.239 e. The Kier molecular flexibility index (Phi) is 5.06. The van der Waals surface area contributed by atoms with Gasteiger partial charge in [-0.15, -0.1) is 0 Å². The minimum atomic E-state index is -0.568. The van der Waals surface area contributed by atoms with E-state index in [1.165, 1.54) is 4.90 Å². The van der Waals surface area contributed by atoms with E-state index in [-0.39, 0.29) is 19.1 Å². The lowest BCUT2D eigenvalue weighted by Gasteiger charge is -2.17.